The summed E-state index contributed by atoms with van der Waals surface area (Å²) in [6.45, 7) is 11.7. The minimum atomic E-state index is -0.200. The summed E-state index contributed by atoms with van der Waals surface area (Å²) >= 11 is 0. The Morgan fingerprint density at radius 2 is 1.87 bits per heavy atom. The molecule has 3 heteroatoms. The first-order valence-corrected chi connectivity index (χ1v) is 12.3. The summed E-state index contributed by atoms with van der Waals surface area (Å²) in [4.78, 5) is 25.0. The van der Waals surface area contributed by atoms with E-state index in [2.05, 4.69) is 46.8 Å². The van der Waals surface area contributed by atoms with Gasteiger partial charge >= 0.3 is 0 Å². The van der Waals surface area contributed by atoms with Crippen LogP contribution in [0, 0.1) is 46.8 Å². The van der Waals surface area contributed by atoms with Crippen molar-refractivity contribution in [3.05, 3.63) is 23.8 Å². The molecule has 0 aromatic carbocycles. The van der Waals surface area contributed by atoms with Crippen molar-refractivity contribution >= 4 is 11.6 Å². The molecule has 1 heterocycles. The quantitative estimate of drug-likeness (QED) is 0.452. The maximum atomic E-state index is 13.0. The average molecular weight is 411 g/mol. The number of fused-ring (bicyclic) bond motifs is 3. The van der Waals surface area contributed by atoms with E-state index < -0.39 is 0 Å². The van der Waals surface area contributed by atoms with Crippen molar-refractivity contribution in [2.45, 2.75) is 84.8 Å². The maximum Gasteiger partial charge on any atom is 0.159 e. The molecule has 1 aliphatic heterocycles. The number of epoxide rings is 1. The Morgan fingerprint density at radius 1 is 1.10 bits per heavy atom. The molecule has 30 heavy (non-hydrogen) atoms. The molecule has 9 atom stereocenters. The molecule has 5 rings (SSSR count). The van der Waals surface area contributed by atoms with Crippen LogP contribution in [0.5, 0.6) is 0 Å². The number of ether oxygens (including phenoxy) is 1. The van der Waals surface area contributed by atoms with Crippen LogP contribution >= 0.6 is 0 Å². The third kappa shape index (κ3) is 2.73. The molecular formula is C27H38O3. The van der Waals surface area contributed by atoms with Gasteiger partial charge in [-0.1, -0.05) is 46.8 Å². The fraction of sp³-hybridized carbons (Fsp3) is 0.778. The molecule has 0 aromatic rings. The Morgan fingerprint density at radius 3 is 2.60 bits per heavy atom. The van der Waals surface area contributed by atoms with Crippen molar-refractivity contribution in [1.29, 1.82) is 0 Å². The van der Waals surface area contributed by atoms with E-state index in [9.17, 15) is 9.59 Å². The first kappa shape index (κ1) is 20.7. The summed E-state index contributed by atoms with van der Waals surface area (Å²) < 4.78 is 6.50. The van der Waals surface area contributed by atoms with Crippen LogP contribution < -0.4 is 0 Å². The van der Waals surface area contributed by atoms with E-state index in [-0.39, 0.29) is 34.6 Å². The molecule has 0 amide bonds. The fourth-order valence-corrected chi connectivity index (χ4v) is 7.76. The number of Topliss-reactive ketones (excluding diaryl/α,β-unsaturated/α-hetero) is 1. The van der Waals surface area contributed by atoms with Gasteiger partial charge in [-0.3, -0.25) is 9.59 Å². The topological polar surface area (TPSA) is 46.7 Å². The third-order valence-corrected chi connectivity index (χ3v) is 9.97. The molecule has 1 spiro atoms. The normalized spacial score (nSPS) is 46.7. The monoisotopic (exact) mass is 410 g/mol. The molecule has 0 radical (unpaired) electrons. The van der Waals surface area contributed by atoms with E-state index >= 15 is 0 Å². The van der Waals surface area contributed by atoms with Crippen molar-refractivity contribution in [3.8, 4) is 0 Å². The lowest BCUT2D eigenvalue weighted by Crippen LogP contribution is -2.52. The van der Waals surface area contributed by atoms with Gasteiger partial charge < -0.3 is 4.74 Å². The summed E-state index contributed by atoms with van der Waals surface area (Å²) in [5.41, 5.74) is 1.23. The Kier molecular flexibility index (Phi) is 4.75. The molecule has 0 N–H and O–H groups in total. The van der Waals surface area contributed by atoms with Crippen LogP contribution in [0.2, 0.25) is 0 Å². The van der Waals surface area contributed by atoms with E-state index in [1.165, 1.54) is 12.0 Å². The average Bonchev–Trinajstić information content (AvgIpc) is 3.37. The second kappa shape index (κ2) is 6.89. The lowest BCUT2D eigenvalue weighted by atomic mass is 9.52. The smallest absolute Gasteiger partial charge is 0.159 e. The van der Waals surface area contributed by atoms with Crippen LogP contribution in [0.4, 0.5) is 0 Å². The number of hydrogen-bond acceptors (Lipinski definition) is 3. The van der Waals surface area contributed by atoms with Crippen LogP contribution in [-0.4, -0.2) is 23.3 Å². The molecule has 7 unspecified atom stereocenters. The Hall–Kier alpha value is -1.22. The van der Waals surface area contributed by atoms with Crippen LogP contribution in [0.3, 0.4) is 0 Å². The zero-order valence-corrected chi connectivity index (χ0v) is 19.3. The minimum absolute atomic E-state index is 0.0606. The molecule has 1 saturated heterocycles. The maximum absolute atomic E-state index is 13.0. The van der Waals surface area contributed by atoms with E-state index in [0.29, 0.717) is 48.3 Å². The highest BCUT2D eigenvalue weighted by molar-refractivity contribution is 5.98. The largest absolute Gasteiger partial charge is 0.361 e. The molecule has 5 aliphatic rings. The van der Waals surface area contributed by atoms with Gasteiger partial charge in [0.05, 0.1) is 6.10 Å². The van der Waals surface area contributed by atoms with Gasteiger partial charge in [0.2, 0.25) is 0 Å². The highest BCUT2D eigenvalue weighted by atomic mass is 16.6. The van der Waals surface area contributed by atoms with Crippen molar-refractivity contribution in [1.82, 2.24) is 0 Å². The Bertz CT molecular complexity index is 822. The lowest BCUT2D eigenvalue weighted by Gasteiger charge is -2.52. The van der Waals surface area contributed by atoms with Gasteiger partial charge in [0.25, 0.3) is 0 Å². The standard InChI is InChI=1S/C27H38O3/c1-15(2)16(3)6-7-17(4)22-14-25-27(30-25)23-13-24(29)21-12-18(28)8-9-19(21)20(23)10-11-26(22,27)5/h6-7,13,15-17,19-22,25H,8-12,14H2,1-5H3/b7-6+/t16?,17?,19?,20?,21?,22-,25?,26-,27?/m1/s1. The second-order valence-electron chi connectivity index (χ2n) is 11.6. The van der Waals surface area contributed by atoms with Crippen LogP contribution in [0.25, 0.3) is 0 Å². The van der Waals surface area contributed by atoms with Gasteiger partial charge in [-0.2, -0.15) is 0 Å². The van der Waals surface area contributed by atoms with E-state index in [4.69, 9.17) is 4.74 Å². The molecule has 164 valence electrons. The fourth-order valence-electron chi connectivity index (χ4n) is 7.76. The van der Waals surface area contributed by atoms with Gasteiger partial charge in [-0.05, 0) is 72.8 Å². The summed E-state index contributed by atoms with van der Waals surface area (Å²) in [6, 6.07) is 0. The SMILES string of the molecule is CC(C)C(C)/C=C/C(C)[C@H]1CC2OC23C2=CC(=O)C4CC(=O)CCC4C2CC[C@]13C. The number of ketones is 2. The van der Waals surface area contributed by atoms with Gasteiger partial charge in [0.1, 0.15) is 11.4 Å². The molecule has 3 saturated carbocycles. The van der Waals surface area contributed by atoms with Gasteiger partial charge in [-0.15, -0.1) is 0 Å². The van der Waals surface area contributed by atoms with Crippen molar-refractivity contribution in [3.63, 3.8) is 0 Å². The van der Waals surface area contributed by atoms with Gasteiger partial charge in [0.15, 0.2) is 5.78 Å². The summed E-state index contributed by atoms with van der Waals surface area (Å²) in [5.74, 6) is 3.63. The Balaban J connectivity index is 1.43. The van der Waals surface area contributed by atoms with Crippen LogP contribution in [0.15, 0.2) is 23.8 Å². The number of carbonyl (C=O) groups excluding carboxylic acids is 2. The highest BCUT2D eigenvalue weighted by Crippen LogP contribution is 2.74. The molecule has 4 fully saturated rings. The highest BCUT2D eigenvalue weighted by Gasteiger charge is 2.78. The van der Waals surface area contributed by atoms with Gasteiger partial charge in [0, 0.05) is 24.2 Å². The van der Waals surface area contributed by atoms with Crippen molar-refractivity contribution < 1.29 is 14.3 Å². The first-order valence-electron chi connectivity index (χ1n) is 12.3. The minimum Gasteiger partial charge on any atom is -0.361 e. The molecular weight excluding hydrogens is 372 g/mol. The number of rotatable bonds is 4. The predicted octanol–water partition coefficient (Wildman–Crippen LogP) is 5.54. The molecule has 0 bridgehead atoms. The van der Waals surface area contributed by atoms with Crippen molar-refractivity contribution in [2.75, 3.05) is 0 Å². The summed E-state index contributed by atoms with van der Waals surface area (Å²) in [7, 11) is 0. The molecule has 0 aromatic heterocycles. The third-order valence-electron chi connectivity index (χ3n) is 9.97. The lowest BCUT2D eigenvalue weighted by molar-refractivity contribution is -0.132. The number of hydrogen-bond donors (Lipinski definition) is 0. The second-order valence-corrected chi connectivity index (χ2v) is 11.6. The number of carbonyl (C=O) groups is 2. The van der Waals surface area contributed by atoms with Crippen LogP contribution in [0.1, 0.15) is 73.1 Å². The van der Waals surface area contributed by atoms with Crippen molar-refractivity contribution in [2.24, 2.45) is 46.8 Å². The van der Waals surface area contributed by atoms with E-state index in [1.54, 1.807) is 0 Å². The summed E-state index contributed by atoms with van der Waals surface area (Å²) in [6.07, 6.45) is 12.6. The first-order chi connectivity index (χ1) is 14.2. The van der Waals surface area contributed by atoms with Gasteiger partial charge in [-0.25, -0.2) is 0 Å². The Labute approximate surface area is 181 Å². The van der Waals surface area contributed by atoms with E-state index in [0.717, 1.165) is 19.3 Å². The molecule has 3 nitrogen and oxygen atoms in total. The van der Waals surface area contributed by atoms with Crippen LogP contribution in [-0.2, 0) is 14.3 Å². The zero-order chi connectivity index (χ0) is 21.4. The number of allylic oxidation sites excluding steroid dienone is 3. The van der Waals surface area contributed by atoms with E-state index in [1.807, 2.05) is 6.08 Å². The molecule has 4 aliphatic carbocycles. The zero-order valence-electron chi connectivity index (χ0n) is 19.3. The predicted molar refractivity (Wildman–Crippen MR) is 118 cm³/mol. The summed E-state index contributed by atoms with van der Waals surface area (Å²) in [5, 5.41) is 0.